The molecule has 0 fully saturated rings. The fourth-order valence-corrected chi connectivity index (χ4v) is 2.01. The van der Waals surface area contributed by atoms with Crippen molar-refractivity contribution in [1.29, 1.82) is 0 Å². The summed E-state index contributed by atoms with van der Waals surface area (Å²) in [4.78, 5) is 12.8. The summed E-state index contributed by atoms with van der Waals surface area (Å²) in [7, 11) is 1.51. The summed E-state index contributed by atoms with van der Waals surface area (Å²) >= 11 is 0. The van der Waals surface area contributed by atoms with Gasteiger partial charge in [0.1, 0.15) is 6.54 Å². The van der Waals surface area contributed by atoms with Gasteiger partial charge < -0.3 is 15.0 Å². The number of hydrogen-bond donors (Lipinski definition) is 1. The van der Waals surface area contributed by atoms with Gasteiger partial charge in [-0.1, -0.05) is 29.8 Å². The Kier molecular flexibility index (Phi) is 10.7. The second-order valence-corrected chi connectivity index (χ2v) is 5.34. The average Bonchev–Trinajstić information content (AvgIpc) is 2.48. The van der Waals surface area contributed by atoms with Crippen molar-refractivity contribution in [3.8, 4) is 0 Å². The van der Waals surface area contributed by atoms with Crippen LogP contribution < -0.4 is 5.32 Å². The first-order valence-corrected chi connectivity index (χ1v) is 7.41. The van der Waals surface area contributed by atoms with Crippen molar-refractivity contribution in [2.24, 2.45) is 0 Å². The zero-order chi connectivity index (χ0) is 17.3. The molecule has 8 heteroatoms. The molecule has 0 saturated heterocycles. The summed E-state index contributed by atoms with van der Waals surface area (Å²) < 4.78 is 42.8. The number of alkyl halides is 3. The first-order chi connectivity index (χ1) is 10.8. The summed E-state index contributed by atoms with van der Waals surface area (Å²) in [5.74, 6) is -0.564. The van der Waals surface area contributed by atoms with E-state index in [9.17, 15) is 18.0 Å². The van der Waals surface area contributed by atoms with E-state index in [1.807, 2.05) is 31.2 Å². The number of ether oxygens (including phenoxy) is 1. The van der Waals surface area contributed by atoms with Crippen LogP contribution in [-0.2, 0) is 16.0 Å². The van der Waals surface area contributed by atoms with E-state index in [4.69, 9.17) is 4.74 Å². The standard InChI is InChI=1S/C16H23F3N2O2.ClH/c1-13-3-5-14(6-4-13)7-9-21(12-16(17,18)19)15(22)11-20-8-10-23-2;/h3-6,20H,7-12H2,1-2H3;1H. The summed E-state index contributed by atoms with van der Waals surface area (Å²) in [6.45, 7) is 1.43. The number of carbonyl (C=O) groups excluding carboxylic acids is 1. The van der Waals surface area contributed by atoms with Crippen LogP contribution in [0, 0.1) is 6.92 Å². The van der Waals surface area contributed by atoms with Gasteiger partial charge in [0.05, 0.1) is 13.2 Å². The van der Waals surface area contributed by atoms with Gasteiger partial charge in [0.15, 0.2) is 0 Å². The topological polar surface area (TPSA) is 41.6 Å². The van der Waals surface area contributed by atoms with Gasteiger partial charge in [0.25, 0.3) is 0 Å². The lowest BCUT2D eigenvalue weighted by Crippen LogP contribution is -2.44. The lowest BCUT2D eigenvalue weighted by atomic mass is 10.1. The molecule has 138 valence electrons. The third kappa shape index (κ3) is 9.75. The van der Waals surface area contributed by atoms with Gasteiger partial charge in [0, 0.05) is 20.2 Å². The molecule has 0 heterocycles. The van der Waals surface area contributed by atoms with Crippen LogP contribution in [0.3, 0.4) is 0 Å². The second-order valence-electron chi connectivity index (χ2n) is 5.34. The Balaban J connectivity index is 0.00000529. The van der Waals surface area contributed by atoms with Crippen LogP contribution in [0.15, 0.2) is 24.3 Å². The molecule has 0 atom stereocenters. The van der Waals surface area contributed by atoms with Crippen LogP contribution in [0.1, 0.15) is 11.1 Å². The van der Waals surface area contributed by atoms with Crippen LogP contribution in [0.25, 0.3) is 0 Å². The minimum Gasteiger partial charge on any atom is -0.383 e. The van der Waals surface area contributed by atoms with Crippen molar-refractivity contribution >= 4 is 18.3 Å². The molecular formula is C16H24ClF3N2O2. The molecule has 0 aliphatic heterocycles. The molecule has 0 spiro atoms. The monoisotopic (exact) mass is 368 g/mol. The van der Waals surface area contributed by atoms with Crippen molar-refractivity contribution in [2.75, 3.05) is 39.9 Å². The minimum atomic E-state index is -4.41. The Morgan fingerprint density at radius 2 is 1.88 bits per heavy atom. The van der Waals surface area contributed by atoms with Gasteiger partial charge in [0.2, 0.25) is 5.91 Å². The molecule has 1 rings (SSSR count). The maximum atomic E-state index is 12.7. The van der Waals surface area contributed by atoms with Crippen molar-refractivity contribution in [1.82, 2.24) is 10.2 Å². The predicted molar refractivity (Wildman–Crippen MR) is 89.5 cm³/mol. The number of methoxy groups -OCH3 is 1. The van der Waals surface area contributed by atoms with Crippen molar-refractivity contribution in [3.05, 3.63) is 35.4 Å². The van der Waals surface area contributed by atoms with E-state index in [0.717, 1.165) is 16.0 Å². The number of benzene rings is 1. The normalized spacial score (nSPS) is 11.0. The van der Waals surface area contributed by atoms with Gasteiger partial charge in [-0.3, -0.25) is 4.79 Å². The first-order valence-electron chi connectivity index (χ1n) is 7.41. The molecule has 0 aliphatic rings. The van der Waals surface area contributed by atoms with Crippen LogP contribution in [0.2, 0.25) is 0 Å². The maximum absolute atomic E-state index is 12.7. The van der Waals surface area contributed by atoms with Crippen LogP contribution >= 0.6 is 12.4 Å². The van der Waals surface area contributed by atoms with E-state index < -0.39 is 18.6 Å². The molecule has 0 aromatic heterocycles. The van der Waals surface area contributed by atoms with Gasteiger partial charge >= 0.3 is 6.18 Å². The van der Waals surface area contributed by atoms with E-state index in [1.54, 1.807) is 0 Å². The van der Waals surface area contributed by atoms with Gasteiger partial charge in [-0.2, -0.15) is 13.2 Å². The van der Waals surface area contributed by atoms with E-state index >= 15 is 0 Å². The average molecular weight is 369 g/mol. The molecule has 1 aromatic rings. The predicted octanol–water partition coefficient (Wildman–Crippen LogP) is 2.59. The molecule has 0 aliphatic carbocycles. The van der Waals surface area contributed by atoms with Crippen LogP contribution in [0.4, 0.5) is 13.2 Å². The molecule has 0 bridgehead atoms. The molecule has 0 radical (unpaired) electrons. The second kappa shape index (κ2) is 11.3. The van der Waals surface area contributed by atoms with Crippen molar-refractivity contribution < 1.29 is 22.7 Å². The zero-order valence-electron chi connectivity index (χ0n) is 13.9. The number of halogens is 4. The Labute approximate surface area is 146 Å². The van der Waals surface area contributed by atoms with Crippen LogP contribution in [0.5, 0.6) is 0 Å². The molecule has 0 unspecified atom stereocenters. The first kappa shape index (κ1) is 22.7. The SMILES string of the molecule is COCCNCC(=O)N(CCc1ccc(C)cc1)CC(F)(F)F.Cl. The molecule has 24 heavy (non-hydrogen) atoms. The molecule has 1 aromatic carbocycles. The smallest absolute Gasteiger partial charge is 0.383 e. The highest BCUT2D eigenvalue weighted by Gasteiger charge is 2.32. The largest absolute Gasteiger partial charge is 0.406 e. The van der Waals surface area contributed by atoms with Crippen LogP contribution in [-0.4, -0.2) is 56.9 Å². The fraction of sp³-hybridized carbons (Fsp3) is 0.562. The van der Waals surface area contributed by atoms with E-state index in [-0.39, 0.29) is 25.5 Å². The summed E-state index contributed by atoms with van der Waals surface area (Å²) in [6.07, 6.45) is -4.02. The lowest BCUT2D eigenvalue weighted by molar-refractivity contribution is -0.160. The van der Waals surface area contributed by atoms with E-state index in [2.05, 4.69) is 5.32 Å². The third-order valence-electron chi connectivity index (χ3n) is 3.27. The Bertz CT molecular complexity index is 481. The highest BCUT2D eigenvalue weighted by Crippen LogP contribution is 2.17. The van der Waals surface area contributed by atoms with E-state index in [1.165, 1.54) is 7.11 Å². The highest BCUT2D eigenvalue weighted by molar-refractivity contribution is 5.85. The summed E-state index contributed by atoms with van der Waals surface area (Å²) in [5, 5.41) is 2.77. The van der Waals surface area contributed by atoms with E-state index in [0.29, 0.717) is 19.6 Å². The number of amides is 1. The Hall–Kier alpha value is -1.31. The quantitative estimate of drug-likeness (QED) is 0.681. The minimum absolute atomic E-state index is 0. The lowest BCUT2D eigenvalue weighted by Gasteiger charge is -2.24. The van der Waals surface area contributed by atoms with Crippen molar-refractivity contribution in [2.45, 2.75) is 19.5 Å². The highest BCUT2D eigenvalue weighted by atomic mass is 35.5. The fourth-order valence-electron chi connectivity index (χ4n) is 2.01. The number of carbonyl (C=O) groups is 1. The molecule has 4 nitrogen and oxygen atoms in total. The molecule has 0 saturated carbocycles. The number of aryl methyl sites for hydroxylation is 1. The Morgan fingerprint density at radius 3 is 2.42 bits per heavy atom. The molecule has 1 amide bonds. The number of hydrogen-bond acceptors (Lipinski definition) is 3. The maximum Gasteiger partial charge on any atom is 0.406 e. The molecule has 1 N–H and O–H groups in total. The summed E-state index contributed by atoms with van der Waals surface area (Å²) in [5.41, 5.74) is 1.99. The van der Waals surface area contributed by atoms with Crippen molar-refractivity contribution in [3.63, 3.8) is 0 Å². The zero-order valence-corrected chi connectivity index (χ0v) is 14.7. The number of rotatable bonds is 9. The Morgan fingerprint density at radius 1 is 1.25 bits per heavy atom. The summed E-state index contributed by atoms with van der Waals surface area (Å²) in [6, 6.07) is 7.53. The number of nitrogens with zero attached hydrogens (tertiary/aromatic N) is 1. The third-order valence-corrected chi connectivity index (χ3v) is 3.27. The van der Waals surface area contributed by atoms with Gasteiger partial charge in [-0.15, -0.1) is 12.4 Å². The number of nitrogens with one attached hydrogen (secondary N) is 1. The van der Waals surface area contributed by atoms with Gasteiger partial charge in [-0.25, -0.2) is 0 Å². The van der Waals surface area contributed by atoms with Gasteiger partial charge in [-0.05, 0) is 18.9 Å². The molecular weight excluding hydrogens is 345 g/mol.